The van der Waals surface area contributed by atoms with Gasteiger partial charge in [-0.3, -0.25) is 0 Å². The van der Waals surface area contributed by atoms with Crippen molar-refractivity contribution in [2.45, 2.75) is 45.4 Å². The molecule has 0 saturated carbocycles. The molecule has 0 amide bonds. The van der Waals surface area contributed by atoms with Gasteiger partial charge in [-0.15, -0.1) is 0 Å². The number of sulfone groups is 1. The zero-order valence-corrected chi connectivity index (χ0v) is 26.0. The van der Waals surface area contributed by atoms with E-state index in [4.69, 9.17) is 0 Å². The van der Waals surface area contributed by atoms with Crippen LogP contribution in [0.2, 0.25) is 0 Å². The van der Waals surface area contributed by atoms with Crippen LogP contribution >= 0.6 is 0 Å². The minimum Gasteiger partial charge on any atom is -0.377 e. The molecule has 4 aromatic carbocycles. The third-order valence-corrected chi connectivity index (χ3v) is 12.9. The summed E-state index contributed by atoms with van der Waals surface area (Å²) in [5, 5.41) is 1.46. The van der Waals surface area contributed by atoms with E-state index in [0.29, 0.717) is 10.9 Å². The molecule has 1 heterocycles. The van der Waals surface area contributed by atoms with Gasteiger partial charge in [-0.25, -0.2) is 30.0 Å². The molecule has 5 rings (SSSR count). The van der Waals surface area contributed by atoms with Crippen LogP contribution in [0.5, 0.6) is 0 Å². The Morgan fingerprint density at radius 2 is 1.36 bits per heavy atom. The Bertz CT molecular complexity index is 1950. The third kappa shape index (κ3) is 5.69. The lowest BCUT2D eigenvalue weighted by molar-refractivity contribution is 0.308. The van der Waals surface area contributed by atoms with E-state index in [9.17, 15) is 25.3 Å². The molecule has 4 aromatic rings. The summed E-state index contributed by atoms with van der Waals surface area (Å²) in [6, 6.07) is 22.2. The Morgan fingerprint density at radius 3 is 2.02 bits per heavy atom. The highest BCUT2D eigenvalue weighted by Crippen LogP contribution is 2.33. The molecule has 42 heavy (non-hydrogen) atoms. The largest absolute Gasteiger partial charge is 0.377 e. The summed E-state index contributed by atoms with van der Waals surface area (Å²) in [5.41, 5.74) is 1.32. The number of rotatable bonds is 8. The van der Waals surface area contributed by atoms with Gasteiger partial charge in [0.05, 0.1) is 19.6 Å². The lowest BCUT2D eigenvalue weighted by Crippen LogP contribution is -2.46. The molecule has 1 aliphatic heterocycles. The van der Waals surface area contributed by atoms with Gasteiger partial charge in [-0.05, 0) is 61.7 Å². The van der Waals surface area contributed by atoms with Crippen LogP contribution in [-0.4, -0.2) is 62.8 Å². The maximum absolute atomic E-state index is 13.7. The fourth-order valence-corrected chi connectivity index (χ4v) is 9.92. The number of sulfonamides is 2. The summed E-state index contributed by atoms with van der Waals surface area (Å²) in [4.78, 5) is 1.98. The molecule has 12 heteroatoms. The van der Waals surface area contributed by atoms with E-state index in [0.717, 1.165) is 11.1 Å². The summed E-state index contributed by atoms with van der Waals surface area (Å²) < 4.78 is 84.6. The van der Waals surface area contributed by atoms with Gasteiger partial charge in [0.2, 0.25) is 29.9 Å². The Labute approximate surface area is 247 Å². The second kappa shape index (κ2) is 11.4. The molecule has 0 spiro atoms. The molecule has 0 unspecified atom stereocenters. The molecule has 1 N–H and O–H groups in total. The SMILES string of the molecule is Cc1ccc(S(=O)(=O)c2ccccc2)cc1S(=O)(=O)NC1CCN(S(=O)(=O)c2cccc3c(N(C)C)cccc23)CC1. The quantitative estimate of drug-likeness (QED) is 0.311. The fraction of sp³-hybridized carbons (Fsp3) is 0.267. The maximum atomic E-state index is 13.7. The minimum absolute atomic E-state index is 0.0721. The first-order valence-corrected chi connectivity index (χ1v) is 17.9. The Morgan fingerprint density at radius 1 is 0.714 bits per heavy atom. The molecule has 1 saturated heterocycles. The summed E-state index contributed by atoms with van der Waals surface area (Å²) in [7, 11) is -8.03. The van der Waals surface area contributed by atoms with E-state index in [1.807, 2.05) is 37.2 Å². The van der Waals surface area contributed by atoms with Crippen molar-refractivity contribution in [1.29, 1.82) is 0 Å². The summed E-state index contributed by atoms with van der Waals surface area (Å²) in [5.74, 6) is 0. The number of nitrogens with zero attached hydrogens (tertiary/aromatic N) is 2. The number of piperidine rings is 1. The Kier molecular flexibility index (Phi) is 8.20. The van der Waals surface area contributed by atoms with Crippen LogP contribution in [0, 0.1) is 6.92 Å². The maximum Gasteiger partial charge on any atom is 0.243 e. The van der Waals surface area contributed by atoms with Gasteiger partial charge in [-0.2, -0.15) is 4.31 Å². The van der Waals surface area contributed by atoms with Crippen LogP contribution in [0.1, 0.15) is 18.4 Å². The Balaban J connectivity index is 1.34. The van der Waals surface area contributed by atoms with Gasteiger partial charge in [0.1, 0.15) is 0 Å². The van der Waals surface area contributed by atoms with Crippen molar-refractivity contribution in [3.63, 3.8) is 0 Å². The molecule has 222 valence electrons. The number of fused-ring (bicyclic) bond motifs is 1. The van der Waals surface area contributed by atoms with E-state index in [1.165, 1.54) is 34.6 Å². The van der Waals surface area contributed by atoms with Crippen LogP contribution in [0.4, 0.5) is 5.69 Å². The van der Waals surface area contributed by atoms with Crippen molar-refractivity contribution in [1.82, 2.24) is 9.03 Å². The standard InChI is InChI=1S/C30H33N3O6S3/c1-22-15-16-25(40(34,35)24-9-5-4-6-10-24)21-30(22)41(36,37)31-23-17-19-33(20-18-23)42(38,39)29-14-8-11-26-27(29)12-7-13-28(26)32(2)3/h4-16,21,23,31H,17-20H2,1-3H3. The zero-order chi connectivity index (χ0) is 30.3. The second-order valence-corrected chi connectivity index (χ2v) is 16.1. The van der Waals surface area contributed by atoms with Crippen LogP contribution in [0.15, 0.2) is 105 Å². The lowest BCUT2D eigenvalue weighted by atomic mass is 10.1. The predicted molar refractivity (Wildman–Crippen MR) is 163 cm³/mol. The minimum atomic E-state index is -4.09. The number of aryl methyl sites for hydroxylation is 1. The van der Waals surface area contributed by atoms with Crippen molar-refractivity contribution in [2.24, 2.45) is 0 Å². The van der Waals surface area contributed by atoms with E-state index < -0.39 is 35.9 Å². The van der Waals surface area contributed by atoms with Gasteiger partial charge < -0.3 is 4.90 Å². The van der Waals surface area contributed by atoms with Crippen molar-refractivity contribution in [2.75, 3.05) is 32.1 Å². The van der Waals surface area contributed by atoms with Crippen molar-refractivity contribution >= 4 is 46.3 Å². The summed E-state index contributed by atoms with van der Waals surface area (Å²) >= 11 is 0. The molecule has 0 aliphatic carbocycles. The molecule has 0 aromatic heterocycles. The molecule has 1 aliphatic rings. The van der Waals surface area contributed by atoms with Gasteiger partial charge in [-0.1, -0.05) is 48.5 Å². The predicted octanol–water partition coefficient (Wildman–Crippen LogP) is 4.18. The van der Waals surface area contributed by atoms with Gasteiger partial charge >= 0.3 is 0 Å². The first kappa shape index (κ1) is 30.2. The van der Waals surface area contributed by atoms with Crippen molar-refractivity contribution in [3.05, 3.63) is 90.5 Å². The van der Waals surface area contributed by atoms with Gasteiger partial charge in [0.15, 0.2) is 0 Å². The van der Waals surface area contributed by atoms with Crippen LogP contribution in [0.25, 0.3) is 10.8 Å². The average Bonchev–Trinajstić information content (AvgIpc) is 2.97. The molecular formula is C30H33N3O6S3. The first-order chi connectivity index (χ1) is 19.8. The number of anilines is 1. The highest BCUT2D eigenvalue weighted by atomic mass is 32.2. The average molecular weight is 628 g/mol. The van der Waals surface area contributed by atoms with Crippen LogP contribution in [0.3, 0.4) is 0 Å². The van der Waals surface area contributed by atoms with Gasteiger partial charge in [0, 0.05) is 49.7 Å². The third-order valence-electron chi connectivity index (χ3n) is 7.55. The van der Waals surface area contributed by atoms with Crippen molar-refractivity contribution in [3.8, 4) is 0 Å². The highest BCUT2D eigenvalue weighted by Gasteiger charge is 2.33. The molecule has 0 bridgehead atoms. The highest BCUT2D eigenvalue weighted by molar-refractivity contribution is 7.91. The zero-order valence-electron chi connectivity index (χ0n) is 23.6. The van der Waals surface area contributed by atoms with Crippen LogP contribution < -0.4 is 9.62 Å². The number of nitrogens with one attached hydrogen (secondary N) is 1. The smallest absolute Gasteiger partial charge is 0.243 e. The number of hydrogen-bond acceptors (Lipinski definition) is 7. The first-order valence-electron chi connectivity index (χ1n) is 13.4. The monoisotopic (exact) mass is 627 g/mol. The van der Waals surface area contributed by atoms with E-state index in [2.05, 4.69) is 4.72 Å². The summed E-state index contributed by atoms with van der Waals surface area (Å²) in [6.45, 7) is 1.88. The normalized spacial score (nSPS) is 15.6. The summed E-state index contributed by atoms with van der Waals surface area (Å²) in [6.07, 6.45) is 0.542. The van der Waals surface area contributed by atoms with E-state index in [-0.39, 0.29) is 45.5 Å². The molecule has 9 nitrogen and oxygen atoms in total. The second-order valence-electron chi connectivity index (χ2n) is 10.6. The molecule has 0 radical (unpaired) electrons. The van der Waals surface area contributed by atoms with Gasteiger partial charge in [0.25, 0.3) is 0 Å². The van der Waals surface area contributed by atoms with Crippen molar-refractivity contribution < 1.29 is 25.3 Å². The molecule has 0 atom stereocenters. The molecular weight excluding hydrogens is 595 g/mol. The molecule has 1 fully saturated rings. The number of hydrogen-bond donors (Lipinski definition) is 1. The number of benzene rings is 4. The van der Waals surface area contributed by atoms with E-state index in [1.54, 1.807) is 43.3 Å². The topological polar surface area (TPSA) is 121 Å². The lowest BCUT2D eigenvalue weighted by Gasteiger charge is -2.32. The Hall–Kier alpha value is -3.29. The van der Waals surface area contributed by atoms with Crippen LogP contribution in [-0.2, 0) is 29.9 Å². The fourth-order valence-electron chi connectivity index (χ4n) is 5.29. The van der Waals surface area contributed by atoms with E-state index >= 15 is 0 Å².